The van der Waals surface area contributed by atoms with E-state index in [9.17, 15) is 13.6 Å². The van der Waals surface area contributed by atoms with E-state index in [0.29, 0.717) is 11.1 Å². The van der Waals surface area contributed by atoms with E-state index >= 15 is 0 Å². The second kappa shape index (κ2) is 5.18. The Balaban J connectivity index is 2.37. The number of carbonyl (C=O) groups is 1. The minimum atomic E-state index is -0.474. The molecule has 2 rings (SSSR count). The number of amides is 1. The van der Waals surface area contributed by atoms with Gasteiger partial charge in [-0.1, -0.05) is 12.1 Å². The average molecular weight is 261 g/mol. The van der Waals surface area contributed by atoms with Gasteiger partial charge in [-0.15, -0.1) is 0 Å². The number of carbonyl (C=O) groups excluding carboxylic acids is 1. The van der Waals surface area contributed by atoms with Crippen LogP contribution in [0.4, 0.5) is 14.5 Å². The first kappa shape index (κ1) is 13.2. The molecule has 0 bridgehead atoms. The van der Waals surface area contributed by atoms with Crippen LogP contribution < -0.4 is 4.90 Å². The first-order valence-electron chi connectivity index (χ1n) is 5.79. The van der Waals surface area contributed by atoms with Crippen LogP contribution in [0.2, 0.25) is 0 Å². The number of aryl methyl sites for hydroxylation is 1. The molecule has 0 heterocycles. The maximum atomic E-state index is 13.6. The van der Waals surface area contributed by atoms with Crippen molar-refractivity contribution < 1.29 is 13.6 Å². The highest BCUT2D eigenvalue weighted by atomic mass is 19.1. The molecule has 4 heteroatoms. The van der Waals surface area contributed by atoms with Crippen molar-refractivity contribution in [2.24, 2.45) is 0 Å². The summed E-state index contributed by atoms with van der Waals surface area (Å²) in [7, 11) is 1.49. The maximum Gasteiger partial charge on any atom is 0.258 e. The second-order valence-electron chi connectivity index (χ2n) is 4.27. The van der Waals surface area contributed by atoms with Crippen LogP contribution in [0.25, 0.3) is 0 Å². The van der Waals surface area contributed by atoms with E-state index in [-0.39, 0.29) is 11.6 Å². The summed E-state index contributed by atoms with van der Waals surface area (Å²) in [6.45, 7) is 1.64. The van der Waals surface area contributed by atoms with E-state index in [2.05, 4.69) is 0 Å². The SMILES string of the molecule is Cc1cc(F)ccc1C(=O)N(C)c1ccccc1F. The Kier molecular flexibility index (Phi) is 3.60. The molecular formula is C15H13F2NO. The number of nitrogens with zero attached hydrogens (tertiary/aromatic N) is 1. The lowest BCUT2D eigenvalue weighted by atomic mass is 10.1. The van der Waals surface area contributed by atoms with E-state index in [1.54, 1.807) is 19.1 Å². The number of halogens is 2. The predicted molar refractivity (Wildman–Crippen MR) is 70.3 cm³/mol. The fourth-order valence-electron chi connectivity index (χ4n) is 1.88. The molecule has 0 unspecified atom stereocenters. The molecule has 2 aromatic carbocycles. The van der Waals surface area contributed by atoms with E-state index in [1.807, 2.05) is 0 Å². The zero-order valence-electron chi connectivity index (χ0n) is 10.7. The van der Waals surface area contributed by atoms with Crippen molar-refractivity contribution in [3.63, 3.8) is 0 Å². The molecule has 19 heavy (non-hydrogen) atoms. The summed E-state index contributed by atoms with van der Waals surface area (Å²) in [5.74, 6) is -1.25. The third-order valence-electron chi connectivity index (χ3n) is 2.94. The Morgan fingerprint density at radius 1 is 1.11 bits per heavy atom. The molecule has 0 N–H and O–H groups in total. The molecule has 2 nitrogen and oxygen atoms in total. The standard InChI is InChI=1S/C15H13F2NO/c1-10-9-11(16)7-8-12(10)15(19)18(2)14-6-4-3-5-13(14)17/h3-9H,1-2H3. The van der Waals surface area contributed by atoms with Gasteiger partial charge in [0.15, 0.2) is 0 Å². The molecule has 0 aliphatic heterocycles. The Morgan fingerprint density at radius 2 is 1.79 bits per heavy atom. The summed E-state index contributed by atoms with van der Waals surface area (Å²) < 4.78 is 26.6. The van der Waals surface area contributed by atoms with Crippen LogP contribution in [0.5, 0.6) is 0 Å². The number of anilines is 1. The second-order valence-corrected chi connectivity index (χ2v) is 4.27. The quantitative estimate of drug-likeness (QED) is 0.809. The topological polar surface area (TPSA) is 20.3 Å². The molecule has 0 saturated heterocycles. The smallest absolute Gasteiger partial charge is 0.258 e. The third kappa shape index (κ3) is 2.62. The van der Waals surface area contributed by atoms with Crippen molar-refractivity contribution in [3.8, 4) is 0 Å². The number of para-hydroxylation sites is 1. The van der Waals surface area contributed by atoms with Crippen LogP contribution in [-0.4, -0.2) is 13.0 Å². The van der Waals surface area contributed by atoms with Crippen molar-refractivity contribution in [2.45, 2.75) is 6.92 Å². The monoisotopic (exact) mass is 261 g/mol. The molecule has 0 aliphatic rings. The van der Waals surface area contributed by atoms with E-state index in [4.69, 9.17) is 0 Å². The van der Waals surface area contributed by atoms with Crippen molar-refractivity contribution in [2.75, 3.05) is 11.9 Å². The van der Waals surface area contributed by atoms with Gasteiger partial charge in [0, 0.05) is 12.6 Å². The summed E-state index contributed by atoms with van der Waals surface area (Å²) in [6.07, 6.45) is 0. The molecular weight excluding hydrogens is 248 g/mol. The first-order valence-corrected chi connectivity index (χ1v) is 5.79. The summed E-state index contributed by atoms with van der Waals surface area (Å²) in [5, 5.41) is 0. The highest BCUT2D eigenvalue weighted by Gasteiger charge is 2.18. The van der Waals surface area contributed by atoms with Crippen LogP contribution >= 0.6 is 0 Å². The van der Waals surface area contributed by atoms with E-state index < -0.39 is 11.6 Å². The minimum absolute atomic E-state index is 0.191. The normalized spacial score (nSPS) is 10.3. The Morgan fingerprint density at radius 3 is 2.42 bits per heavy atom. The van der Waals surface area contributed by atoms with Gasteiger partial charge in [-0.3, -0.25) is 4.79 Å². The summed E-state index contributed by atoms with van der Waals surface area (Å²) >= 11 is 0. The Bertz CT molecular complexity index is 625. The average Bonchev–Trinajstić information content (AvgIpc) is 2.38. The Labute approximate surface area is 110 Å². The lowest BCUT2D eigenvalue weighted by Crippen LogP contribution is -2.27. The summed E-state index contributed by atoms with van der Waals surface area (Å²) in [5.41, 5.74) is 1.07. The van der Waals surface area contributed by atoms with Crippen LogP contribution in [0.15, 0.2) is 42.5 Å². The van der Waals surface area contributed by atoms with Gasteiger partial charge in [0.1, 0.15) is 11.6 Å². The first-order chi connectivity index (χ1) is 9.00. The molecule has 0 atom stereocenters. The third-order valence-corrected chi connectivity index (χ3v) is 2.94. The molecule has 98 valence electrons. The van der Waals surface area contributed by atoms with Gasteiger partial charge in [0.2, 0.25) is 0 Å². The van der Waals surface area contributed by atoms with Crippen LogP contribution in [-0.2, 0) is 0 Å². The lowest BCUT2D eigenvalue weighted by molar-refractivity contribution is 0.0991. The lowest BCUT2D eigenvalue weighted by Gasteiger charge is -2.19. The minimum Gasteiger partial charge on any atom is -0.309 e. The van der Waals surface area contributed by atoms with Gasteiger partial charge in [-0.25, -0.2) is 8.78 Å². The molecule has 2 aromatic rings. The van der Waals surface area contributed by atoms with Gasteiger partial charge < -0.3 is 4.90 Å². The van der Waals surface area contributed by atoms with Crippen molar-refractivity contribution >= 4 is 11.6 Å². The fourth-order valence-corrected chi connectivity index (χ4v) is 1.88. The molecule has 1 amide bonds. The van der Waals surface area contributed by atoms with Crippen molar-refractivity contribution in [3.05, 3.63) is 65.2 Å². The van der Waals surface area contributed by atoms with Crippen molar-refractivity contribution in [1.29, 1.82) is 0 Å². The molecule has 0 radical (unpaired) electrons. The van der Waals surface area contributed by atoms with Gasteiger partial charge >= 0.3 is 0 Å². The number of benzene rings is 2. The number of hydrogen-bond acceptors (Lipinski definition) is 1. The maximum absolute atomic E-state index is 13.6. The Hall–Kier alpha value is -2.23. The van der Waals surface area contributed by atoms with Gasteiger partial charge in [-0.2, -0.15) is 0 Å². The van der Waals surface area contributed by atoms with Gasteiger partial charge in [0.25, 0.3) is 5.91 Å². The number of hydrogen-bond donors (Lipinski definition) is 0. The molecule has 0 aliphatic carbocycles. The van der Waals surface area contributed by atoms with Gasteiger partial charge in [-0.05, 0) is 42.8 Å². The zero-order chi connectivity index (χ0) is 14.0. The van der Waals surface area contributed by atoms with Gasteiger partial charge in [0.05, 0.1) is 5.69 Å². The van der Waals surface area contributed by atoms with Crippen LogP contribution in [0, 0.1) is 18.6 Å². The number of rotatable bonds is 2. The molecule has 0 aromatic heterocycles. The van der Waals surface area contributed by atoms with Crippen LogP contribution in [0.1, 0.15) is 15.9 Å². The molecule has 0 saturated carbocycles. The molecule has 0 spiro atoms. The summed E-state index contributed by atoms with van der Waals surface area (Å²) in [6, 6.07) is 9.92. The summed E-state index contributed by atoms with van der Waals surface area (Å²) in [4.78, 5) is 13.5. The highest BCUT2D eigenvalue weighted by Crippen LogP contribution is 2.20. The van der Waals surface area contributed by atoms with E-state index in [1.165, 1.54) is 42.3 Å². The zero-order valence-corrected chi connectivity index (χ0v) is 10.7. The highest BCUT2D eigenvalue weighted by molar-refractivity contribution is 6.06. The predicted octanol–water partition coefficient (Wildman–Crippen LogP) is 3.55. The largest absolute Gasteiger partial charge is 0.309 e. The van der Waals surface area contributed by atoms with Crippen molar-refractivity contribution in [1.82, 2.24) is 0 Å². The fraction of sp³-hybridized carbons (Fsp3) is 0.133. The van der Waals surface area contributed by atoms with E-state index in [0.717, 1.165) is 0 Å². The molecule has 0 fully saturated rings. The van der Waals surface area contributed by atoms with Crippen LogP contribution in [0.3, 0.4) is 0 Å².